The third-order valence-electron chi connectivity index (χ3n) is 3.53. The number of ether oxygens (including phenoxy) is 1. The number of nitrogens with zero attached hydrogens (tertiary/aromatic N) is 2. The normalized spacial score (nSPS) is 19.8. The average molecular weight is 300 g/mol. The molecule has 7 heteroatoms. The second-order valence-corrected chi connectivity index (χ2v) is 5.12. The standard InChI is InChI=1S/C15H16N4O3/c1-3-19-9-10(8-16-19)17-13(20)15(2)14(21)18-11-6-4-5-7-12(11)22-15/h4-9H,3H2,1-2H3,(H,17,20)(H,18,21)/t15-/m0/s1. The lowest BCUT2D eigenvalue weighted by molar-refractivity contribution is -0.143. The Bertz CT molecular complexity index is 740. The molecule has 1 aromatic carbocycles. The maximum atomic E-state index is 12.5. The molecule has 1 aromatic heterocycles. The highest BCUT2D eigenvalue weighted by atomic mass is 16.5. The third kappa shape index (κ3) is 2.30. The van der Waals surface area contributed by atoms with Crippen molar-refractivity contribution in [3.05, 3.63) is 36.7 Å². The second-order valence-electron chi connectivity index (χ2n) is 5.12. The lowest BCUT2D eigenvalue weighted by Crippen LogP contribution is -2.56. The largest absolute Gasteiger partial charge is 0.466 e. The first-order valence-electron chi connectivity index (χ1n) is 6.96. The quantitative estimate of drug-likeness (QED) is 0.844. The highest BCUT2D eigenvalue weighted by Crippen LogP contribution is 2.33. The first kappa shape index (κ1) is 14.1. The zero-order chi connectivity index (χ0) is 15.7. The van der Waals surface area contributed by atoms with Gasteiger partial charge in [0.05, 0.1) is 17.6 Å². The number of carbonyl (C=O) groups excluding carboxylic acids is 2. The minimum atomic E-state index is -1.64. The first-order valence-corrected chi connectivity index (χ1v) is 6.96. The monoisotopic (exact) mass is 300 g/mol. The Hall–Kier alpha value is -2.83. The van der Waals surface area contributed by atoms with Crippen LogP contribution in [-0.4, -0.2) is 27.2 Å². The fourth-order valence-electron chi connectivity index (χ4n) is 2.17. The number of para-hydroxylation sites is 2. The molecule has 2 N–H and O–H groups in total. The Kier molecular flexibility index (Phi) is 3.32. The molecule has 0 saturated heterocycles. The van der Waals surface area contributed by atoms with Crippen LogP contribution in [0.15, 0.2) is 36.7 Å². The number of hydrogen-bond acceptors (Lipinski definition) is 4. The van der Waals surface area contributed by atoms with Crippen LogP contribution >= 0.6 is 0 Å². The molecule has 1 aliphatic heterocycles. The van der Waals surface area contributed by atoms with E-state index in [-0.39, 0.29) is 0 Å². The summed E-state index contributed by atoms with van der Waals surface area (Å²) < 4.78 is 7.32. The topological polar surface area (TPSA) is 85.3 Å². The van der Waals surface area contributed by atoms with Crippen LogP contribution in [0.2, 0.25) is 0 Å². The summed E-state index contributed by atoms with van der Waals surface area (Å²) >= 11 is 0. The number of nitrogens with one attached hydrogen (secondary N) is 2. The Morgan fingerprint density at radius 2 is 2.23 bits per heavy atom. The van der Waals surface area contributed by atoms with Gasteiger partial charge in [-0.15, -0.1) is 0 Å². The van der Waals surface area contributed by atoms with Gasteiger partial charge in [0.1, 0.15) is 5.75 Å². The van der Waals surface area contributed by atoms with Crippen molar-refractivity contribution in [2.24, 2.45) is 0 Å². The highest BCUT2D eigenvalue weighted by molar-refractivity contribution is 6.18. The molecule has 114 valence electrons. The van der Waals surface area contributed by atoms with Crippen LogP contribution in [-0.2, 0) is 16.1 Å². The Morgan fingerprint density at radius 3 is 2.95 bits per heavy atom. The highest BCUT2D eigenvalue weighted by Gasteiger charge is 2.47. The lowest BCUT2D eigenvalue weighted by Gasteiger charge is -2.33. The van der Waals surface area contributed by atoms with E-state index in [0.29, 0.717) is 23.7 Å². The lowest BCUT2D eigenvalue weighted by atomic mass is 10.0. The summed E-state index contributed by atoms with van der Waals surface area (Å²) in [5.74, 6) is -0.592. The van der Waals surface area contributed by atoms with Crippen LogP contribution in [0, 0.1) is 0 Å². The first-order chi connectivity index (χ1) is 10.5. The summed E-state index contributed by atoms with van der Waals surface area (Å²) in [5, 5.41) is 9.42. The third-order valence-corrected chi connectivity index (χ3v) is 3.53. The summed E-state index contributed by atoms with van der Waals surface area (Å²) in [6.45, 7) is 4.07. The van der Waals surface area contributed by atoms with E-state index in [9.17, 15) is 9.59 Å². The van der Waals surface area contributed by atoms with Gasteiger partial charge in [0.15, 0.2) is 0 Å². The van der Waals surface area contributed by atoms with E-state index in [1.165, 1.54) is 13.1 Å². The molecule has 0 spiro atoms. The maximum Gasteiger partial charge on any atom is 0.278 e. The van der Waals surface area contributed by atoms with Gasteiger partial charge < -0.3 is 15.4 Å². The SMILES string of the molecule is CCn1cc(NC(=O)[C@]2(C)Oc3ccccc3NC2=O)cn1. The van der Waals surface area contributed by atoms with Gasteiger partial charge in [-0.3, -0.25) is 14.3 Å². The molecule has 22 heavy (non-hydrogen) atoms. The molecule has 2 aromatic rings. The van der Waals surface area contributed by atoms with Gasteiger partial charge in [-0.25, -0.2) is 0 Å². The number of rotatable bonds is 3. The maximum absolute atomic E-state index is 12.5. The van der Waals surface area contributed by atoms with Crippen molar-refractivity contribution in [1.82, 2.24) is 9.78 Å². The summed E-state index contributed by atoms with van der Waals surface area (Å²) in [4.78, 5) is 24.7. The molecule has 0 bridgehead atoms. The molecule has 7 nitrogen and oxygen atoms in total. The summed E-state index contributed by atoms with van der Waals surface area (Å²) in [7, 11) is 0. The zero-order valence-corrected chi connectivity index (χ0v) is 12.3. The van der Waals surface area contributed by atoms with Crippen LogP contribution in [0.25, 0.3) is 0 Å². The molecule has 0 fully saturated rings. The molecule has 1 atom stereocenters. The fraction of sp³-hybridized carbons (Fsp3) is 0.267. The van der Waals surface area contributed by atoms with E-state index in [4.69, 9.17) is 4.74 Å². The molecule has 0 aliphatic carbocycles. The van der Waals surface area contributed by atoms with Crippen molar-refractivity contribution in [1.29, 1.82) is 0 Å². The van der Waals surface area contributed by atoms with E-state index in [1.807, 2.05) is 6.92 Å². The van der Waals surface area contributed by atoms with E-state index < -0.39 is 17.4 Å². The van der Waals surface area contributed by atoms with Crippen LogP contribution in [0.5, 0.6) is 5.75 Å². The zero-order valence-electron chi connectivity index (χ0n) is 12.3. The molecule has 3 rings (SSSR count). The predicted molar refractivity (Wildman–Crippen MR) is 80.6 cm³/mol. The number of fused-ring (bicyclic) bond motifs is 1. The molecule has 2 heterocycles. The minimum absolute atomic E-state index is 0.462. The van der Waals surface area contributed by atoms with Crippen LogP contribution in [0.3, 0.4) is 0 Å². The second kappa shape index (κ2) is 5.18. The Balaban J connectivity index is 1.83. The van der Waals surface area contributed by atoms with Crippen LogP contribution in [0.4, 0.5) is 11.4 Å². The van der Waals surface area contributed by atoms with Gasteiger partial charge in [0, 0.05) is 12.7 Å². The van der Waals surface area contributed by atoms with Gasteiger partial charge in [0.25, 0.3) is 17.4 Å². The molecular weight excluding hydrogens is 284 g/mol. The summed E-state index contributed by atoms with van der Waals surface area (Å²) in [5.41, 5.74) is -0.567. The molecular formula is C15H16N4O3. The number of aryl methyl sites for hydroxylation is 1. The number of benzene rings is 1. The fourth-order valence-corrected chi connectivity index (χ4v) is 2.17. The molecule has 0 unspecified atom stereocenters. The van der Waals surface area contributed by atoms with E-state index in [2.05, 4.69) is 15.7 Å². The van der Waals surface area contributed by atoms with Gasteiger partial charge in [-0.1, -0.05) is 12.1 Å². The molecule has 0 radical (unpaired) electrons. The van der Waals surface area contributed by atoms with E-state index in [1.54, 1.807) is 35.1 Å². The summed E-state index contributed by atoms with van der Waals surface area (Å²) in [6, 6.07) is 6.98. The molecule has 1 aliphatic rings. The summed E-state index contributed by atoms with van der Waals surface area (Å²) in [6.07, 6.45) is 3.22. The van der Waals surface area contributed by atoms with Crippen LogP contribution < -0.4 is 15.4 Å². The number of anilines is 2. The van der Waals surface area contributed by atoms with Crippen molar-refractivity contribution in [2.45, 2.75) is 26.0 Å². The van der Waals surface area contributed by atoms with Crippen molar-refractivity contribution < 1.29 is 14.3 Å². The van der Waals surface area contributed by atoms with Gasteiger partial charge in [-0.2, -0.15) is 5.10 Å². The van der Waals surface area contributed by atoms with Crippen molar-refractivity contribution in [3.63, 3.8) is 0 Å². The van der Waals surface area contributed by atoms with Crippen molar-refractivity contribution in [3.8, 4) is 5.75 Å². The van der Waals surface area contributed by atoms with E-state index in [0.717, 1.165) is 0 Å². The number of hydrogen-bond donors (Lipinski definition) is 2. The molecule has 0 saturated carbocycles. The van der Waals surface area contributed by atoms with Gasteiger partial charge in [0.2, 0.25) is 0 Å². The number of carbonyl (C=O) groups is 2. The number of aromatic nitrogens is 2. The van der Waals surface area contributed by atoms with Gasteiger partial charge in [-0.05, 0) is 26.0 Å². The number of amides is 2. The predicted octanol–water partition coefficient (Wildman–Crippen LogP) is 1.63. The molecule has 2 amide bonds. The average Bonchev–Trinajstić information content (AvgIpc) is 2.96. The Labute approximate surface area is 127 Å². The van der Waals surface area contributed by atoms with Crippen LogP contribution in [0.1, 0.15) is 13.8 Å². The minimum Gasteiger partial charge on any atom is -0.466 e. The smallest absolute Gasteiger partial charge is 0.278 e. The van der Waals surface area contributed by atoms with Crippen molar-refractivity contribution in [2.75, 3.05) is 10.6 Å². The van der Waals surface area contributed by atoms with E-state index >= 15 is 0 Å². The van der Waals surface area contributed by atoms with Crippen molar-refractivity contribution >= 4 is 23.2 Å². The Morgan fingerprint density at radius 1 is 1.45 bits per heavy atom. The van der Waals surface area contributed by atoms with Gasteiger partial charge >= 0.3 is 0 Å².